The smallest absolute Gasteiger partial charge is 0.0615 e. The van der Waals surface area contributed by atoms with Gasteiger partial charge in [0.05, 0.1) is 6.61 Å². The van der Waals surface area contributed by atoms with Crippen molar-refractivity contribution in [2.45, 2.75) is 33.1 Å². The molecule has 1 aliphatic rings. The van der Waals surface area contributed by atoms with Gasteiger partial charge in [-0.15, -0.1) is 0 Å². The van der Waals surface area contributed by atoms with Crippen LogP contribution in [0.1, 0.15) is 33.1 Å². The Hall–Kier alpha value is -0.560. The van der Waals surface area contributed by atoms with Crippen molar-refractivity contribution in [1.29, 1.82) is 0 Å². The molecule has 0 aromatic carbocycles. The Bertz CT molecular complexity index is 215. The number of aliphatic hydroxyl groups excluding tert-OH is 1. The molecule has 2 atom stereocenters. The fraction of sp³-hybridized carbons (Fsp3) is 0.667. The minimum Gasteiger partial charge on any atom is -0.392 e. The van der Waals surface area contributed by atoms with Crippen LogP contribution in [-0.2, 0) is 0 Å². The van der Waals surface area contributed by atoms with Crippen molar-refractivity contribution < 1.29 is 5.11 Å². The molecule has 74 valence electrons. The predicted molar refractivity (Wildman–Crippen MR) is 56.5 cm³/mol. The first kappa shape index (κ1) is 10.5. The van der Waals surface area contributed by atoms with Crippen molar-refractivity contribution in [3.05, 3.63) is 23.8 Å². The molecule has 1 N–H and O–H groups in total. The molecule has 0 heterocycles. The first-order valence-corrected chi connectivity index (χ1v) is 5.10. The highest BCUT2D eigenvalue weighted by molar-refractivity contribution is 5.14. The minimum atomic E-state index is 0.183. The third kappa shape index (κ3) is 2.70. The molecule has 0 bridgehead atoms. The molecule has 0 amide bonds. The van der Waals surface area contributed by atoms with Gasteiger partial charge in [-0.2, -0.15) is 0 Å². The van der Waals surface area contributed by atoms with E-state index in [2.05, 4.69) is 20.4 Å². The van der Waals surface area contributed by atoms with E-state index >= 15 is 0 Å². The number of hydrogen-bond donors (Lipinski definition) is 1. The summed E-state index contributed by atoms with van der Waals surface area (Å²) in [4.78, 5) is 0. The fourth-order valence-corrected chi connectivity index (χ4v) is 2.05. The van der Waals surface area contributed by atoms with E-state index in [1.807, 2.05) is 6.08 Å². The normalized spacial score (nSPS) is 32.1. The second-order valence-corrected chi connectivity index (χ2v) is 4.19. The van der Waals surface area contributed by atoms with Crippen molar-refractivity contribution in [3.63, 3.8) is 0 Å². The van der Waals surface area contributed by atoms with E-state index in [1.165, 1.54) is 24.0 Å². The van der Waals surface area contributed by atoms with Gasteiger partial charge in [-0.25, -0.2) is 0 Å². The van der Waals surface area contributed by atoms with Crippen LogP contribution in [0, 0.1) is 11.8 Å². The standard InChI is InChI=1S/C12H20O/c1-9(2)11-5-4-10(3)12(8-11)6-7-13/h6,10-11,13H,1,4-5,7-8H2,2-3H3/b12-6+. The van der Waals surface area contributed by atoms with Gasteiger partial charge in [-0.3, -0.25) is 0 Å². The van der Waals surface area contributed by atoms with Crippen molar-refractivity contribution >= 4 is 0 Å². The van der Waals surface area contributed by atoms with Crippen LogP contribution < -0.4 is 0 Å². The minimum absolute atomic E-state index is 0.183. The molecule has 1 rings (SSSR count). The van der Waals surface area contributed by atoms with Crippen LogP contribution >= 0.6 is 0 Å². The Labute approximate surface area is 81.2 Å². The summed E-state index contributed by atoms with van der Waals surface area (Å²) in [5.74, 6) is 1.30. The van der Waals surface area contributed by atoms with Crippen molar-refractivity contribution in [2.75, 3.05) is 6.61 Å². The zero-order valence-electron chi connectivity index (χ0n) is 8.71. The van der Waals surface area contributed by atoms with Crippen LogP contribution in [0.4, 0.5) is 0 Å². The molecule has 2 unspecified atom stereocenters. The Morgan fingerprint density at radius 3 is 2.85 bits per heavy atom. The molecule has 1 saturated carbocycles. The monoisotopic (exact) mass is 180 g/mol. The maximum absolute atomic E-state index is 8.86. The zero-order chi connectivity index (χ0) is 9.84. The molecule has 1 aliphatic carbocycles. The Balaban J connectivity index is 2.63. The van der Waals surface area contributed by atoms with Gasteiger partial charge in [-0.05, 0) is 38.0 Å². The largest absolute Gasteiger partial charge is 0.392 e. The second kappa shape index (κ2) is 4.61. The molecular weight excluding hydrogens is 160 g/mol. The summed E-state index contributed by atoms with van der Waals surface area (Å²) in [5, 5.41) is 8.86. The summed E-state index contributed by atoms with van der Waals surface area (Å²) in [6, 6.07) is 0. The van der Waals surface area contributed by atoms with Gasteiger partial charge in [0, 0.05) is 0 Å². The topological polar surface area (TPSA) is 20.2 Å². The van der Waals surface area contributed by atoms with Crippen LogP contribution in [0.25, 0.3) is 0 Å². The maximum atomic E-state index is 8.86. The van der Waals surface area contributed by atoms with E-state index in [9.17, 15) is 0 Å². The highest BCUT2D eigenvalue weighted by Crippen LogP contribution is 2.35. The highest BCUT2D eigenvalue weighted by Gasteiger charge is 2.22. The lowest BCUT2D eigenvalue weighted by Crippen LogP contribution is -2.16. The summed E-state index contributed by atoms with van der Waals surface area (Å²) >= 11 is 0. The number of rotatable bonds is 2. The van der Waals surface area contributed by atoms with Crippen LogP contribution in [0.15, 0.2) is 23.8 Å². The highest BCUT2D eigenvalue weighted by atomic mass is 16.2. The quantitative estimate of drug-likeness (QED) is 0.648. The molecule has 0 spiro atoms. The lowest BCUT2D eigenvalue weighted by Gasteiger charge is -2.29. The predicted octanol–water partition coefficient (Wildman–Crippen LogP) is 2.92. The molecule has 0 aromatic rings. The third-order valence-corrected chi connectivity index (χ3v) is 3.11. The van der Waals surface area contributed by atoms with Crippen molar-refractivity contribution in [3.8, 4) is 0 Å². The Morgan fingerprint density at radius 2 is 2.31 bits per heavy atom. The van der Waals surface area contributed by atoms with Crippen molar-refractivity contribution in [1.82, 2.24) is 0 Å². The number of aliphatic hydroxyl groups is 1. The first-order chi connectivity index (χ1) is 6.15. The van der Waals surface area contributed by atoms with Crippen LogP contribution in [-0.4, -0.2) is 11.7 Å². The molecule has 0 saturated heterocycles. The average Bonchev–Trinajstić information content (AvgIpc) is 2.08. The van der Waals surface area contributed by atoms with E-state index in [4.69, 9.17) is 5.11 Å². The van der Waals surface area contributed by atoms with Gasteiger partial charge >= 0.3 is 0 Å². The first-order valence-electron chi connectivity index (χ1n) is 5.10. The zero-order valence-corrected chi connectivity index (χ0v) is 8.71. The van der Waals surface area contributed by atoms with Crippen LogP contribution in [0.5, 0.6) is 0 Å². The lowest BCUT2D eigenvalue weighted by molar-refractivity contribution is 0.334. The van der Waals surface area contributed by atoms with Gasteiger partial charge in [0.15, 0.2) is 0 Å². The van der Waals surface area contributed by atoms with Crippen molar-refractivity contribution in [2.24, 2.45) is 11.8 Å². The van der Waals surface area contributed by atoms with E-state index in [0.29, 0.717) is 11.8 Å². The molecule has 1 fully saturated rings. The van der Waals surface area contributed by atoms with E-state index in [1.54, 1.807) is 0 Å². The molecular formula is C12H20O. The van der Waals surface area contributed by atoms with E-state index in [0.717, 1.165) is 6.42 Å². The van der Waals surface area contributed by atoms with E-state index < -0.39 is 0 Å². The number of allylic oxidation sites excluding steroid dienone is 2. The van der Waals surface area contributed by atoms with Gasteiger partial charge in [0.1, 0.15) is 0 Å². The van der Waals surface area contributed by atoms with E-state index in [-0.39, 0.29) is 6.61 Å². The summed E-state index contributed by atoms with van der Waals surface area (Å²) < 4.78 is 0. The molecule has 1 nitrogen and oxygen atoms in total. The van der Waals surface area contributed by atoms with Gasteiger partial charge in [0.25, 0.3) is 0 Å². The van der Waals surface area contributed by atoms with Gasteiger partial charge in [-0.1, -0.05) is 30.7 Å². The van der Waals surface area contributed by atoms with Crippen LogP contribution in [0.3, 0.4) is 0 Å². The molecule has 0 radical (unpaired) electrons. The second-order valence-electron chi connectivity index (χ2n) is 4.19. The summed E-state index contributed by atoms with van der Waals surface area (Å²) in [7, 11) is 0. The summed E-state index contributed by atoms with van der Waals surface area (Å²) in [6.07, 6.45) is 5.58. The van der Waals surface area contributed by atoms with Crippen LogP contribution in [0.2, 0.25) is 0 Å². The van der Waals surface area contributed by atoms with Gasteiger partial charge < -0.3 is 5.11 Å². The molecule has 0 aliphatic heterocycles. The third-order valence-electron chi connectivity index (χ3n) is 3.11. The maximum Gasteiger partial charge on any atom is 0.0615 e. The average molecular weight is 180 g/mol. The fourth-order valence-electron chi connectivity index (χ4n) is 2.05. The Kier molecular flexibility index (Phi) is 3.73. The lowest BCUT2D eigenvalue weighted by atomic mass is 9.76. The Morgan fingerprint density at radius 1 is 1.62 bits per heavy atom. The molecule has 13 heavy (non-hydrogen) atoms. The SMILES string of the molecule is C=C(C)C1CCC(C)/C(=C/CO)C1. The molecule has 0 aromatic heterocycles. The summed E-state index contributed by atoms with van der Waals surface area (Å²) in [6.45, 7) is 8.55. The summed E-state index contributed by atoms with van der Waals surface area (Å²) in [5.41, 5.74) is 2.71. The van der Waals surface area contributed by atoms with Gasteiger partial charge in [0.2, 0.25) is 0 Å². The number of hydrogen-bond acceptors (Lipinski definition) is 1. The molecule has 1 heteroatoms.